The van der Waals surface area contributed by atoms with Crippen LogP contribution in [0.2, 0.25) is 0 Å². The van der Waals surface area contributed by atoms with Crippen LogP contribution < -0.4 is 5.32 Å². The molecule has 6 heteroatoms. The molecule has 0 radical (unpaired) electrons. The van der Waals surface area contributed by atoms with Crippen LogP contribution in [0, 0.1) is 0 Å². The maximum absolute atomic E-state index is 5.18. The molecule has 0 fully saturated rings. The molecule has 1 heterocycles. The van der Waals surface area contributed by atoms with Gasteiger partial charge in [-0.2, -0.15) is 4.37 Å². The summed E-state index contributed by atoms with van der Waals surface area (Å²) >= 11 is 1.39. The van der Waals surface area contributed by atoms with Crippen LogP contribution in [0.25, 0.3) is 0 Å². The normalized spacial score (nSPS) is 14.8. The minimum absolute atomic E-state index is 0.0420. The Morgan fingerprint density at radius 1 is 1.44 bits per heavy atom. The summed E-state index contributed by atoms with van der Waals surface area (Å²) in [5.41, 5.74) is 0. The molecule has 104 valence electrons. The van der Waals surface area contributed by atoms with Crippen molar-refractivity contribution >= 4 is 16.7 Å². The average molecular weight is 272 g/mol. The Kier molecular flexibility index (Phi) is 6.52. The molecule has 1 rings (SSSR count). The van der Waals surface area contributed by atoms with E-state index in [2.05, 4.69) is 40.5 Å². The Bertz CT molecular complexity index is 345. The van der Waals surface area contributed by atoms with Crippen molar-refractivity contribution in [3.05, 3.63) is 5.82 Å². The van der Waals surface area contributed by atoms with Gasteiger partial charge in [0.1, 0.15) is 6.10 Å². The molecular weight excluding hydrogens is 248 g/mol. The van der Waals surface area contributed by atoms with E-state index in [0.717, 1.165) is 24.0 Å². The van der Waals surface area contributed by atoms with E-state index >= 15 is 0 Å². The predicted molar refractivity (Wildman–Crippen MR) is 76.2 cm³/mol. The van der Waals surface area contributed by atoms with Crippen molar-refractivity contribution in [1.29, 1.82) is 0 Å². The molecule has 1 aromatic rings. The highest BCUT2D eigenvalue weighted by atomic mass is 32.1. The zero-order chi connectivity index (χ0) is 13.5. The minimum atomic E-state index is -0.0420. The summed E-state index contributed by atoms with van der Waals surface area (Å²) in [6, 6.07) is 0.616. The van der Waals surface area contributed by atoms with Gasteiger partial charge >= 0.3 is 0 Å². The van der Waals surface area contributed by atoms with Gasteiger partial charge in [0.05, 0.1) is 0 Å². The van der Waals surface area contributed by atoms with E-state index in [9.17, 15) is 0 Å². The van der Waals surface area contributed by atoms with E-state index in [0.29, 0.717) is 6.04 Å². The van der Waals surface area contributed by atoms with Gasteiger partial charge < -0.3 is 15.0 Å². The van der Waals surface area contributed by atoms with Gasteiger partial charge in [-0.05, 0) is 27.3 Å². The lowest BCUT2D eigenvalue weighted by molar-refractivity contribution is 0.113. The van der Waals surface area contributed by atoms with Crippen molar-refractivity contribution < 1.29 is 4.74 Å². The lowest BCUT2D eigenvalue weighted by Crippen LogP contribution is -2.32. The van der Waals surface area contributed by atoms with Gasteiger partial charge in [-0.3, -0.25) is 0 Å². The molecular formula is C12H24N4OS. The van der Waals surface area contributed by atoms with Crippen LogP contribution in [0.3, 0.4) is 0 Å². The molecule has 0 saturated heterocycles. The average Bonchev–Trinajstić information content (AvgIpc) is 2.85. The van der Waals surface area contributed by atoms with Crippen molar-refractivity contribution in [3.63, 3.8) is 0 Å². The Labute approximate surface area is 114 Å². The smallest absolute Gasteiger partial charge is 0.202 e. The van der Waals surface area contributed by atoms with E-state index in [-0.39, 0.29) is 6.10 Å². The van der Waals surface area contributed by atoms with E-state index < -0.39 is 0 Å². The van der Waals surface area contributed by atoms with Crippen LogP contribution in [0.1, 0.15) is 39.1 Å². The fraction of sp³-hybridized carbons (Fsp3) is 0.833. The largest absolute Gasteiger partial charge is 0.374 e. The van der Waals surface area contributed by atoms with E-state index in [1.165, 1.54) is 18.0 Å². The number of hydrogen-bond acceptors (Lipinski definition) is 6. The molecule has 2 unspecified atom stereocenters. The number of nitrogens with zero attached hydrogens (tertiary/aromatic N) is 3. The first-order valence-electron chi connectivity index (χ1n) is 6.39. The third kappa shape index (κ3) is 4.51. The summed E-state index contributed by atoms with van der Waals surface area (Å²) in [5, 5.41) is 4.17. The van der Waals surface area contributed by atoms with E-state index in [1.54, 1.807) is 7.11 Å². The predicted octanol–water partition coefficient (Wildman–Crippen LogP) is 2.39. The van der Waals surface area contributed by atoms with Crippen LogP contribution >= 0.6 is 11.5 Å². The Balaban J connectivity index is 2.33. The second-order valence-corrected chi connectivity index (χ2v) is 5.25. The summed E-state index contributed by atoms with van der Waals surface area (Å²) in [5.74, 6) is 0.750. The van der Waals surface area contributed by atoms with Crippen molar-refractivity contribution in [2.45, 2.75) is 39.3 Å². The monoisotopic (exact) mass is 272 g/mol. The number of anilines is 1. The number of likely N-dealkylation sites (N-methyl/N-ethyl adjacent to an activating group) is 1. The quantitative estimate of drug-likeness (QED) is 0.787. The molecule has 0 aliphatic rings. The molecule has 5 nitrogen and oxygen atoms in total. The Morgan fingerprint density at radius 2 is 2.17 bits per heavy atom. The maximum atomic E-state index is 5.18. The topological polar surface area (TPSA) is 50.3 Å². The fourth-order valence-corrected chi connectivity index (χ4v) is 2.12. The molecule has 0 saturated carbocycles. The van der Waals surface area contributed by atoms with Crippen molar-refractivity contribution in [2.75, 3.05) is 32.6 Å². The van der Waals surface area contributed by atoms with Crippen molar-refractivity contribution in [3.8, 4) is 0 Å². The van der Waals surface area contributed by atoms with Gasteiger partial charge in [0.15, 0.2) is 5.82 Å². The van der Waals surface area contributed by atoms with Gasteiger partial charge in [-0.25, -0.2) is 4.98 Å². The Hall–Kier alpha value is -0.720. The van der Waals surface area contributed by atoms with Gasteiger partial charge in [0.25, 0.3) is 0 Å². The highest BCUT2D eigenvalue weighted by Crippen LogP contribution is 2.17. The van der Waals surface area contributed by atoms with Crippen LogP contribution in [-0.2, 0) is 4.74 Å². The minimum Gasteiger partial charge on any atom is -0.374 e. The highest BCUT2D eigenvalue weighted by molar-refractivity contribution is 7.09. The van der Waals surface area contributed by atoms with Crippen LogP contribution in [0.4, 0.5) is 5.13 Å². The van der Waals surface area contributed by atoms with Crippen LogP contribution in [0.15, 0.2) is 0 Å². The van der Waals surface area contributed by atoms with Gasteiger partial charge in [-0.15, -0.1) is 0 Å². The molecule has 1 aromatic heterocycles. The van der Waals surface area contributed by atoms with E-state index in [1.807, 2.05) is 6.92 Å². The maximum Gasteiger partial charge on any atom is 0.202 e. The lowest BCUT2D eigenvalue weighted by Gasteiger charge is -2.23. The lowest BCUT2D eigenvalue weighted by atomic mass is 10.2. The molecule has 2 atom stereocenters. The molecule has 0 aliphatic heterocycles. The zero-order valence-electron chi connectivity index (χ0n) is 11.9. The van der Waals surface area contributed by atoms with E-state index in [4.69, 9.17) is 4.74 Å². The molecule has 18 heavy (non-hydrogen) atoms. The first-order chi connectivity index (χ1) is 8.58. The van der Waals surface area contributed by atoms with Gasteiger partial charge in [0.2, 0.25) is 5.13 Å². The van der Waals surface area contributed by atoms with Crippen molar-refractivity contribution in [2.24, 2.45) is 0 Å². The molecule has 0 aromatic carbocycles. The van der Waals surface area contributed by atoms with Crippen LogP contribution in [0.5, 0.6) is 0 Å². The van der Waals surface area contributed by atoms with Crippen LogP contribution in [-0.4, -0.2) is 47.5 Å². The second kappa shape index (κ2) is 7.66. The number of methoxy groups -OCH3 is 1. The number of aromatic nitrogens is 2. The molecule has 1 N–H and O–H groups in total. The zero-order valence-corrected chi connectivity index (χ0v) is 12.8. The molecule has 0 aliphatic carbocycles. The molecule has 0 spiro atoms. The van der Waals surface area contributed by atoms with Gasteiger partial charge in [-0.1, -0.05) is 6.92 Å². The summed E-state index contributed by atoms with van der Waals surface area (Å²) in [4.78, 5) is 6.74. The first kappa shape index (κ1) is 15.3. The first-order valence-corrected chi connectivity index (χ1v) is 7.16. The summed E-state index contributed by atoms with van der Waals surface area (Å²) in [6.07, 6.45) is 1.13. The summed E-state index contributed by atoms with van der Waals surface area (Å²) in [7, 11) is 3.81. The number of rotatable bonds is 8. The highest BCUT2D eigenvalue weighted by Gasteiger charge is 2.11. The second-order valence-electron chi connectivity index (χ2n) is 4.50. The SMILES string of the molecule is CCC(C)N(C)CCNc1nc(C(C)OC)ns1. The third-order valence-electron chi connectivity index (χ3n) is 3.24. The third-order valence-corrected chi connectivity index (χ3v) is 3.93. The number of nitrogens with one attached hydrogen (secondary N) is 1. The number of hydrogen-bond donors (Lipinski definition) is 1. The standard InChI is InChI=1S/C12H24N4OS/c1-6-9(2)16(4)8-7-13-12-14-11(15-18-12)10(3)17-5/h9-10H,6-8H2,1-5H3,(H,13,14,15). The number of ether oxygens (including phenoxy) is 1. The van der Waals surface area contributed by atoms with Gasteiger partial charge in [0, 0.05) is 37.8 Å². The molecule has 0 amide bonds. The molecule has 0 bridgehead atoms. The Morgan fingerprint density at radius 3 is 2.78 bits per heavy atom. The fourth-order valence-electron chi connectivity index (χ4n) is 1.45. The summed E-state index contributed by atoms with van der Waals surface area (Å²) < 4.78 is 9.45. The van der Waals surface area contributed by atoms with Crippen molar-refractivity contribution in [1.82, 2.24) is 14.3 Å². The summed E-state index contributed by atoms with van der Waals surface area (Å²) in [6.45, 7) is 8.28.